The molecule has 0 aliphatic carbocycles. The number of amides is 4. The Morgan fingerprint density at radius 2 is 1.37 bits per heavy atom. The number of benzene rings is 2. The van der Waals surface area contributed by atoms with Gasteiger partial charge >= 0.3 is 0 Å². The number of carbonyl (C=O) groups excluding carboxylic acids is 4. The number of aromatic hydroxyl groups is 1. The van der Waals surface area contributed by atoms with Gasteiger partial charge in [0.15, 0.2) is 5.96 Å². The summed E-state index contributed by atoms with van der Waals surface area (Å²) in [6.07, 6.45) is 2.27. The van der Waals surface area contributed by atoms with Crippen molar-refractivity contribution in [3.05, 3.63) is 64.7 Å². The molecule has 0 fully saturated rings. The number of primary amides is 1. The van der Waals surface area contributed by atoms with E-state index in [9.17, 15) is 24.3 Å². The van der Waals surface area contributed by atoms with Crippen molar-refractivity contribution in [3.8, 4) is 5.75 Å². The lowest BCUT2D eigenvalue weighted by Gasteiger charge is -2.26. The molecule has 0 radical (unpaired) electrons. The smallest absolute Gasteiger partial charge is 0.243 e. The van der Waals surface area contributed by atoms with E-state index in [1.54, 1.807) is 26.0 Å². The fraction of sp³-hybridized carbons (Fsp3) is 0.469. The van der Waals surface area contributed by atoms with Gasteiger partial charge in [0, 0.05) is 19.4 Å². The van der Waals surface area contributed by atoms with Gasteiger partial charge in [0.1, 0.15) is 23.9 Å². The summed E-state index contributed by atoms with van der Waals surface area (Å²) in [7, 11) is 0. The molecular weight excluding hydrogens is 590 g/mol. The Morgan fingerprint density at radius 3 is 1.96 bits per heavy atom. The first-order valence-corrected chi connectivity index (χ1v) is 15.4. The number of unbranched alkanes of at least 4 members (excludes halogenated alkanes) is 1. The van der Waals surface area contributed by atoms with Gasteiger partial charge in [-0.05, 0) is 86.9 Å². The number of aryl methyl sites for hydroxylation is 2. The number of phenolic OH excluding ortho intramolecular Hbond substituents is 1. The maximum Gasteiger partial charge on any atom is 0.243 e. The SMILES string of the molecule is Cc1cc(O)cc(C)c1C[C@@H](NC(=O)[C@@H](N)CCCN=C(N)N)C(=O)N[C@H](CCCCN)C(=O)N[C@H](Cc1ccccc1)C(N)=O. The van der Waals surface area contributed by atoms with Crippen LogP contribution in [0.2, 0.25) is 0 Å². The lowest BCUT2D eigenvalue weighted by atomic mass is 9.95. The molecule has 4 amide bonds. The Kier molecular flexibility index (Phi) is 15.5. The molecular formula is C32H49N9O5. The number of hydrogen-bond donors (Lipinski definition) is 9. The molecule has 14 nitrogen and oxygen atoms in total. The largest absolute Gasteiger partial charge is 0.508 e. The number of aliphatic imine (C=N–C) groups is 1. The zero-order valence-corrected chi connectivity index (χ0v) is 26.6. The molecule has 0 saturated carbocycles. The molecule has 2 aromatic rings. The Labute approximate surface area is 269 Å². The summed E-state index contributed by atoms with van der Waals surface area (Å²) >= 11 is 0. The van der Waals surface area contributed by atoms with Crippen molar-refractivity contribution in [2.45, 2.75) is 83.0 Å². The molecule has 4 atom stereocenters. The summed E-state index contributed by atoms with van der Waals surface area (Å²) < 4.78 is 0. The molecule has 0 aliphatic rings. The summed E-state index contributed by atoms with van der Waals surface area (Å²) in [5, 5.41) is 18.2. The van der Waals surface area contributed by atoms with Crippen molar-refractivity contribution in [2.75, 3.05) is 13.1 Å². The van der Waals surface area contributed by atoms with Gasteiger partial charge in [0.2, 0.25) is 23.6 Å². The number of hydrogen-bond acceptors (Lipinski definition) is 8. The second-order valence-corrected chi connectivity index (χ2v) is 11.4. The minimum Gasteiger partial charge on any atom is -0.508 e. The maximum atomic E-state index is 13.8. The van der Waals surface area contributed by atoms with Crippen LogP contribution in [0.3, 0.4) is 0 Å². The molecule has 0 aliphatic heterocycles. The lowest BCUT2D eigenvalue weighted by molar-refractivity contribution is -0.133. The zero-order valence-electron chi connectivity index (χ0n) is 26.6. The number of rotatable bonds is 19. The highest BCUT2D eigenvalue weighted by atomic mass is 16.3. The molecule has 0 unspecified atom stereocenters. The first kappa shape index (κ1) is 37.5. The van der Waals surface area contributed by atoms with Crippen LogP contribution in [-0.2, 0) is 32.0 Å². The van der Waals surface area contributed by atoms with Crippen LogP contribution in [0.15, 0.2) is 47.5 Å². The van der Waals surface area contributed by atoms with Crippen molar-refractivity contribution in [1.29, 1.82) is 0 Å². The van der Waals surface area contributed by atoms with E-state index < -0.39 is 47.8 Å². The predicted octanol–water partition coefficient (Wildman–Crippen LogP) is -0.756. The highest BCUT2D eigenvalue weighted by Crippen LogP contribution is 2.22. The highest BCUT2D eigenvalue weighted by Gasteiger charge is 2.30. The normalized spacial score (nSPS) is 13.5. The number of nitrogens with one attached hydrogen (secondary N) is 3. The van der Waals surface area contributed by atoms with Crippen LogP contribution in [0.5, 0.6) is 5.75 Å². The molecule has 0 bridgehead atoms. The van der Waals surface area contributed by atoms with E-state index in [-0.39, 0.29) is 43.9 Å². The van der Waals surface area contributed by atoms with Crippen molar-refractivity contribution >= 4 is 29.6 Å². The highest BCUT2D eigenvalue weighted by molar-refractivity contribution is 5.94. The number of phenols is 1. The van der Waals surface area contributed by atoms with Crippen molar-refractivity contribution in [2.24, 2.45) is 33.7 Å². The number of nitrogens with zero attached hydrogens (tertiary/aromatic N) is 1. The van der Waals surface area contributed by atoms with E-state index in [1.165, 1.54) is 0 Å². The lowest BCUT2D eigenvalue weighted by Crippen LogP contribution is -2.58. The Bertz CT molecular complexity index is 1330. The van der Waals surface area contributed by atoms with Gasteiger partial charge in [0.25, 0.3) is 0 Å². The third-order valence-electron chi connectivity index (χ3n) is 7.55. The zero-order chi connectivity index (χ0) is 34.2. The first-order chi connectivity index (χ1) is 21.8. The summed E-state index contributed by atoms with van der Waals surface area (Å²) in [5.41, 5.74) is 31.1. The Hall–Kier alpha value is -4.69. The maximum absolute atomic E-state index is 13.8. The van der Waals surface area contributed by atoms with Gasteiger partial charge in [0.05, 0.1) is 6.04 Å². The molecule has 0 saturated heterocycles. The van der Waals surface area contributed by atoms with Gasteiger partial charge in [-0.25, -0.2) is 0 Å². The van der Waals surface area contributed by atoms with Gasteiger partial charge in [-0.1, -0.05) is 30.3 Å². The molecule has 252 valence electrons. The van der Waals surface area contributed by atoms with Crippen molar-refractivity contribution in [3.63, 3.8) is 0 Å². The van der Waals surface area contributed by atoms with Gasteiger partial charge < -0.3 is 49.7 Å². The topological polar surface area (TPSA) is 267 Å². The van der Waals surface area contributed by atoms with E-state index in [4.69, 9.17) is 28.7 Å². The van der Waals surface area contributed by atoms with E-state index >= 15 is 0 Å². The number of carbonyl (C=O) groups is 4. The van der Waals surface area contributed by atoms with E-state index in [0.717, 1.165) is 11.1 Å². The molecule has 0 spiro atoms. The summed E-state index contributed by atoms with van der Waals surface area (Å²) in [6, 6.07) is 8.07. The molecule has 2 rings (SSSR count). The van der Waals surface area contributed by atoms with E-state index in [2.05, 4.69) is 20.9 Å². The van der Waals surface area contributed by atoms with Crippen molar-refractivity contribution in [1.82, 2.24) is 16.0 Å². The summed E-state index contributed by atoms with van der Waals surface area (Å²) in [5.74, 6) is -2.51. The Balaban J connectivity index is 2.30. The number of guanidine groups is 1. The van der Waals surface area contributed by atoms with Crippen LogP contribution in [0.25, 0.3) is 0 Å². The van der Waals surface area contributed by atoms with E-state index in [0.29, 0.717) is 36.9 Å². The Morgan fingerprint density at radius 1 is 0.783 bits per heavy atom. The number of nitrogens with two attached hydrogens (primary N) is 5. The second-order valence-electron chi connectivity index (χ2n) is 11.4. The fourth-order valence-electron chi connectivity index (χ4n) is 5.01. The molecule has 14 heteroatoms. The van der Waals surface area contributed by atoms with Gasteiger partial charge in [-0.3, -0.25) is 24.2 Å². The first-order valence-electron chi connectivity index (χ1n) is 15.4. The summed E-state index contributed by atoms with van der Waals surface area (Å²) in [4.78, 5) is 56.6. The predicted molar refractivity (Wildman–Crippen MR) is 177 cm³/mol. The van der Waals surface area contributed by atoms with Crippen LogP contribution in [0, 0.1) is 13.8 Å². The van der Waals surface area contributed by atoms with Crippen LogP contribution in [-0.4, -0.2) is 72.0 Å². The molecule has 0 aromatic heterocycles. The van der Waals surface area contributed by atoms with Gasteiger partial charge in [-0.2, -0.15) is 0 Å². The molecule has 0 heterocycles. The quantitative estimate of drug-likeness (QED) is 0.0530. The minimum atomic E-state index is -1.13. The molecule has 14 N–H and O–H groups in total. The fourth-order valence-corrected chi connectivity index (χ4v) is 5.01. The monoisotopic (exact) mass is 639 g/mol. The standard InChI is InChI=1S/C32H49N9O5/c1-19-15-22(42)16-20(2)23(19)18-27(41-29(44)24(34)11-8-14-38-32(36)37)31(46)39-25(12-6-7-13-33)30(45)40-26(28(35)43)17-21-9-4-3-5-10-21/h3-5,9-10,15-16,24-27,42H,6-8,11-14,17-18,33-34H2,1-2H3,(H2,35,43)(H,39,46)(H,40,45)(H,41,44)(H4,36,37,38)/t24-,25+,26+,27+/m0/s1. The minimum absolute atomic E-state index is 0.0608. The molecule has 2 aromatic carbocycles. The van der Waals surface area contributed by atoms with E-state index in [1.807, 2.05) is 30.3 Å². The van der Waals surface area contributed by atoms with Crippen LogP contribution in [0.1, 0.15) is 54.4 Å². The second kappa shape index (κ2) is 19.0. The van der Waals surface area contributed by atoms with Crippen LogP contribution >= 0.6 is 0 Å². The summed E-state index contributed by atoms with van der Waals surface area (Å²) in [6.45, 7) is 4.25. The average molecular weight is 640 g/mol. The molecule has 46 heavy (non-hydrogen) atoms. The van der Waals surface area contributed by atoms with Crippen molar-refractivity contribution < 1.29 is 24.3 Å². The van der Waals surface area contributed by atoms with Crippen LogP contribution < -0.4 is 44.6 Å². The van der Waals surface area contributed by atoms with Gasteiger partial charge in [-0.15, -0.1) is 0 Å². The third-order valence-corrected chi connectivity index (χ3v) is 7.55. The van der Waals surface area contributed by atoms with Crippen LogP contribution in [0.4, 0.5) is 0 Å². The third kappa shape index (κ3) is 12.7. The average Bonchev–Trinajstić information content (AvgIpc) is 2.99.